The lowest BCUT2D eigenvalue weighted by Gasteiger charge is -2.07. The van der Waals surface area contributed by atoms with E-state index in [1.807, 2.05) is 89.6 Å². The van der Waals surface area contributed by atoms with Gasteiger partial charge < -0.3 is 14.5 Å². The molecule has 144 valence electrons. The normalized spacial score (nSPS) is 11.0. The highest BCUT2D eigenvalue weighted by atomic mass is 16.5. The minimum Gasteiger partial charge on any atom is -0.489 e. The smallest absolute Gasteiger partial charge is 0.244 e. The molecular weight excluding hydrogens is 362 g/mol. The number of ether oxygens (including phenoxy) is 1. The fourth-order valence-corrected chi connectivity index (χ4v) is 2.93. The van der Waals surface area contributed by atoms with Crippen LogP contribution in [-0.2, 0) is 17.9 Å². The number of rotatable bonds is 7. The van der Waals surface area contributed by atoms with Crippen molar-refractivity contribution in [1.29, 1.82) is 0 Å². The van der Waals surface area contributed by atoms with E-state index in [-0.39, 0.29) is 5.91 Å². The van der Waals surface area contributed by atoms with Crippen molar-refractivity contribution < 1.29 is 9.53 Å². The zero-order valence-corrected chi connectivity index (χ0v) is 15.9. The second-order valence-electron chi connectivity index (χ2n) is 6.60. The third kappa shape index (κ3) is 5.11. The maximum Gasteiger partial charge on any atom is 0.244 e. The molecule has 0 atom stereocenters. The van der Waals surface area contributed by atoms with Crippen LogP contribution < -0.4 is 10.1 Å². The van der Waals surface area contributed by atoms with Gasteiger partial charge in [-0.2, -0.15) is 0 Å². The number of carbonyl (C=O) groups is 1. The zero-order chi connectivity index (χ0) is 19.9. The van der Waals surface area contributed by atoms with Gasteiger partial charge in [0.05, 0.1) is 12.2 Å². The van der Waals surface area contributed by atoms with Gasteiger partial charge in [0.2, 0.25) is 5.91 Å². The van der Waals surface area contributed by atoms with E-state index in [9.17, 15) is 4.79 Å². The van der Waals surface area contributed by atoms with Crippen LogP contribution in [0.1, 0.15) is 16.8 Å². The highest BCUT2D eigenvalue weighted by molar-refractivity contribution is 5.91. The Bertz CT molecular complexity index is 1100. The molecule has 29 heavy (non-hydrogen) atoms. The highest BCUT2D eigenvalue weighted by Crippen LogP contribution is 2.16. The molecule has 5 nitrogen and oxygen atoms in total. The first-order valence-corrected chi connectivity index (χ1v) is 9.41. The lowest BCUT2D eigenvalue weighted by molar-refractivity contribution is -0.116. The molecule has 0 bridgehead atoms. The van der Waals surface area contributed by atoms with E-state index in [1.54, 1.807) is 6.08 Å². The van der Waals surface area contributed by atoms with Gasteiger partial charge in [-0.25, -0.2) is 4.98 Å². The van der Waals surface area contributed by atoms with E-state index in [4.69, 9.17) is 4.74 Å². The number of pyridine rings is 1. The summed E-state index contributed by atoms with van der Waals surface area (Å²) in [7, 11) is 0. The Hall–Kier alpha value is -3.86. The predicted octanol–water partition coefficient (Wildman–Crippen LogP) is 4.24. The molecule has 0 fully saturated rings. The average molecular weight is 383 g/mol. The summed E-state index contributed by atoms with van der Waals surface area (Å²) in [5.41, 5.74) is 3.69. The van der Waals surface area contributed by atoms with Crippen molar-refractivity contribution in [2.75, 3.05) is 0 Å². The van der Waals surface area contributed by atoms with Gasteiger partial charge in [-0.15, -0.1) is 0 Å². The Balaban J connectivity index is 1.31. The Morgan fingerprint density at radius 3 is 2.76 bits per heavy atom. The van der Waals surface area contributed by atoms with Crippen molar-refractivity contribution >= 4 is 17.6 Å². The topological polar surface area (TPSA) is 55.6 Å². The number of nitrogens with one attached hydrogen (secondary N) is 1. The molecule has 0 radical (unpaired) electrons. The largest absolute Gasteiger partial charge is 0.489 e. The molecule has 5 heteroatoms. The molecule has 2 heterocycles. The zero-order valence-electron chi connectivity index (χ0n) is 15.9. The quantitative estimate of drug-likeness (QED) is 0.486. The Morgan fingerprint density at radius 1 is 1.03 bits per heavy atom. The third-order valence-electron chi connectivity index (χ3n) is 4.39. The molecule has 0 spiro atoms. The molecule has 4 rings (SSSR count). The summed E-state index contributed by atoms with van der Waals surface area (Å²) in [6.07, 6.45) is 7.13. The predicted molar refractivity (Wildman–Crippen MR) is 113 cm³/mol. The summed E-state index contributed by atoms with van der Waals surface area (Å²) >= 11 is 0. The molecule has 1 amide bonds. The summed E-state index contributed by atoms with van der Waals surface area (Å²) in [4.78, 5) is 16.6. The molecule has 0 saturated heterocycles. The van der Waals surface area contributed by atoms with Crippen LogP contribution in [0.2, 0.25) is 0 Å². The van der Waals surface area contributed by atoms with Crippen LogP contribution in [0.3, 0.4) is 0 Å². The molecule has 2 aromatic heterocycles. The molecule has 0 unspecified atom stereocenters. The minimum atomic E-state index is -0.169. The van der Waals surface area contributed by atoms with Gasteiger partial charge in [0.25, 0.3) is 0 Å². The van der Waals surface area contributed by atoms with Crippen molar-refractivity contribution in [2.24, 2.45) is 0 Å². The number of hydrogen-bond donors (Lipinski definition) is 1. The van der Waals surface area contributed by atoms with Gasteiger partial charge in [-0.1, -0.05) is 48.5 Å². The van der Waals surface area contributed by atoms with Crippen molar-refractivity contribution in [1.82, 2.24) is 14.7 Å². The highest BCUT2D eigenvalue weighted by Gasteiger charge is 2.02. The molecule has 0 saturated carbocycles. The SMILES string of the molecule is O=C(/C=C/c1cccc(OCc2ccccc2)c1)NCc1cn2ccccc2n1. The van der Waals surface area contributed by atoms with E-state index < -0.39 is 0 Å². The van der Waals surface area contributed by atoms with Gasteiger partial charge in [0.15, 0.2) is 0 Å². The van der Waals surface area contributed by atoms with Crippen LogP contribution in [0, 0.1) is 0 Å². The van der Waals surface area contributed by atoms with E-state index in [2.05, 4.69) is 10.3 Å². The minimum absolute atomic E-state index is 0.169. The van der Waals surface area contributed by atoms with Crippen molar-refractivity contribution in [2.45, 2.75) is 13.2 Å². The van der Waals surface area contributed by atoms with Gasteiger partial charge >= 0.3 is 0 Å². The summed E-state index contributed by atoms with van der Waals surface area (Å²) in [5.74, 6) is 0.596. The number of benzene rings is 2. The summed E-state index contributed by atoms with van der Waals surface area (Å²) in [5, 5.41) is 2.86. The molecule has 0 aliphatic carbocycles. The van der Waals surface area contributed by atoms with Gasteiger partial charge in [0.1, 0.15) is 18.0 Å². The number of nitrogens with zero attached hydrogens (tertiary/aromatic N) is 2. The Morgan fingerprint density at radius 2 is 1.90 bits per heavy atom. The molecule has 1 N–H and O–H groups in total. The molecule has 0 aliphatic heterocycles. The fraction of sp³-hybridized carbons (Fsp3) is 0.0833. The lowest BCUT2D eigenvalue weighted by Crippen LogP contribution is -2.20. The van der Waals surface area contributed by atoms with Crippen LogP contribution in [0.4, 0.5) is 0 Å². The first-order valence-electron chi connectivity index (χ1n) is 9.41. The number of hydrogen-bond acceptors (Lipinski definition) is 3. The van der Waals surface area contributed by atoms with Crippen LogP contribution in [-0.4, -0.2) is 15.3 Å². The van der Waals surface area contributed by atoms with Crippen LogP contribution in [0.5, 0.6) is 5.75 Å². The van der Waals surface area contributed by atoms with Crippen LogP contribution in [0.25, 0.3) is 11.7 Å². The van der Waals surface area contributed by atoms with E-state index in [1.165, 1.54) is 6.08 Å². The van der Waals surface area contributed by atoms with Gasteiger partial charge in [0, 0.05) is 18.5 Å². The fourth-order valence-electron chi connectivity index (χ4n) is 2.93. The summed E-state index contributed by atoms with van der Waals surface area (Å²) in [6.45, 7) is 0.887. The number of carbonyl (C=O) groups excluding carboxylic acids is 1. The number of aromatic nitrogens is 2. The van der Waals surface area contributed by atoms with Gasteiger partial charge in [-0.3, -0.25) is 4.79 Å². The molecular formula is C24H21N3O2. The number of fused-ring (bicyclic) bond motifs is 1. The van der Waals surface area contributed by atoms with Crippen molar-refractivity contribution in [3.63, 3.8) is 0 Å². The lowest BCUT2D eigenvalue weighted by atomic mass is 10.2. The Kier molecular flexibility index (Phi) is 5.67. The van der Waals surface area contributed by atoms with E-state index >= 15 is 0 Å². The molecule has 2 aromatic carbocycles. The summed E-state index contributed by atoms with van der Waals surface area (Å²) in [6, 6.07) is 23.5. The number of imidazole rings is 1. The van der Waals surface area contributed by atoms with E-state index in [0.29, 0.717) is 13.2 Å². The average Bonchev–Trinajstić information content (AvgIpc) is 3.19. The maximum atomic E-state index is 12.1. The van der Waals surface area contributed by atoms with Crippen molar-refractivity contribution in [3.05, 3.63) is 108 Å². The van der Waals surface area contributed by atoms with E-state index in [0.717, 1.165) is 28.2 Å². The standard InChI is InChI=1S/C24H21N3O2/c28-24(25-16-21-17-27-14-5-4-11-23(27)26-21)13-12-19-9-6-10-22(15-19)29-18-20-7-2-1-3-8-20/h1-15,17H,16,18H2,(H,25,28)/b13-12+. The first kappa shape index (κ1) is 18.5. The van der Waals surface area contributed by atoms with Crippen molar-refractivity contribution in [3.8, 4) is 5.75 Å². The monoisotopic (exact) mass is 383 g/mol. The van der Waals surface area contributed by atoms with Crippen LogP contribution in [0.15, 0.2) is 91.3 Å². The second-order valence-corrected chi connectivity index (χ2v) is 6.60. The Labute approximate surface area is 169 Å². The first-order chi connectivity index (χ1) is 14.3. The molecule has 0 aliphatic rings. The molecule has 4 aromatic rings. The van der Waals surface area contributed by atoms with Crippen LogP contribution >= 0.6 is 0 Å². The number of amides is 1. The third-order valence-corrected chi connectivity index (χ3v) is 4.39. The second kappa shape index (κ2) is 8.89. The van der Waals surface area contributed by atoms with Gasteiger partial charge in [-0.05, 0) is 41.5 Å². The summed E-state index contributed by atoms with van der Waals surface area (Å²) < 4.78 is 7.76. The maximum absolute atomic E-state index is 12.1.